The predicted octanol–water partition coefficient (Wildman–Crippen LogP) is 7.20. The number of alkyl halides is 1. The third-order valence-corrected chi connectivity index (χ3v) is 7.68. The molecule has 0 spiro atoms. The van der Waals surface area contributed by atoms with Crippen molar-refractivity contribution in [1.82, 2.24) is 5.32 Å². The van der Waals surface area contributed by atoms with Gasteiger partial charge in [0.15, 0.2) is 0 Å². The summed E-state index contributed by atoms with van der Waals surface area (Å²) in [7, 11) is 0. The number of aliphatic imine (C=N–C) groups is 1. The van der Waals surface area contributed by atoms with Gasteiger partial charge in [0, 0.05) is 20.9 Å². The summed E-state index contributed by atoms with van der Waals surface area (Å²) in [5.41, 5.74) is 6.69. The Bertz CT molecular complexity index is 1270. The second kappa shape index (κ2) is 12.1. The molecule has 2 unspecified atom stereocenters. The lowest BCUT2D eigenvalue weighted by molar-refractivity contribution is -0.123. The minimum atomic E-state index is -1.10. The van der Waals surface area contributed by atoms with Crippen LogP contribution in [0.25, 0.3) is 0 Å². The summed E-state index contributed by atoms with van der Waals surface area (Å²) in [6.07, 6.45) is 15.8. The van der Waals surface area contributed by atoms with Crippen molar-refractivity contribution in [3.8, 4) is 0 Å². The first kappa shape index (κ1) is 25.1. The number of benzene rings is 1. The molecule has 1 aromatic carbocycles. The topological polar surface area (TPSA) is 41.5 Å². The molecule has 2 aliphatic heterocycles. The van der Waals surface area contributed by atoms with E-state index >= 15 is 0 Å². The Morgan fingerprint density at radius 1 is 1.29 bits per heavy atom. The Hall–Kier alpha value is -3.05. The third kappa shape index (κ3) is 6.55. The number of rotatable bonds is 7. The van der Waals surface area contributed by atoms with Crippen LogP contribution in [0.4, 0.5) is 4.39 Å². The number of nitrogens with zero attached hydrogens (tertiary/aromatic N) is 1. The highest BCUT2D eigenvalue weighted by molar-refractivity contribution is 8.05. The van der Waals surface area contributed by atoms with Crippen molar-refractivity contribution >= 4 is 35.1 Å². The molecule has 2 heterocycles. The number of hydrogen-bond acceptors (Lipinski definition) is 4. The van der Waals surface area contributed by atoms with Gasteiger partial charge in [-0.05, 0) is 55.2 Å². The number of thioether (sulfide) groups is 2. The van der Waals surface area contributed by atoms with Crippen molar-refractivity contribution in [2.45, 2.75) is 31.3 Å². The molecule has 1 N–H and O–H groups in total. The zero-order valence-corrected chi connectivity index (χ0v) is 21.3. The molecule has 0 saturated heterocycles. The SMILES string of the molecule is CCC(/C=C\C1=C(C)N=C(C2=CC=CC(F)C=C2)c2ccccc2S1)C(=O)NCC1=C=CC=CS1. The smallest absolute Gasteiger partial charge is 0.227 e. The van der Waals surface area contributed by atoms with E-state index in [9.17, 15) is 9.18 Å². The first-order valence-electron chi connectivity index (χ1n) is 11.6. The lowest BCUT2D eigenvalue weighted by Gasteiger charge is -2.12. The second-order valence-corrected chi connectivity index (χ2v) is 10.2. The van der Waals surface area contributed by atoms with Crippen molar-refractivity contribution < 1.29 is 9.18 Å². The molecular weight excluding hydrogens is 475 g/mol. The number of carbonyl (C=O) groups is 1. The number of nitrogens with one attached hydrogen (secondary N) is 1. The zero-order chi connectivity index (χ0) is 24.6. The van der Waals surface area contributed by atoms with Crippen molar-refractivity contribution in [1.29, 1.82) is 0 Å². The van der Waals surface area contributed by atoms with Crippen LogP contribution in [0.5, 0.6) is 0 Å². The maximum Gasteiger partial charge on any atom is 0.227 e. The third-order valence-electron chi connectivity index (χ3n) is 5.61. The number of carbonyl (C=O) groups excluding carboxylic acids is 1. The van der Waals surface area contributed by atoms with Crippen LogP contribution < -0.4 is 5.32 Å². The summed E-state index contributed by atoms with van der Waals surface area (Å²) in [6, 6.07) is 8.10. The maximum atomic E-state index is 13.8. The molecular formula is C29H27FN2OS2. The quantitative estimate of drug-likeness (QED) is 0.401. The molecule has 3 nitrogen and oxygen atoms in total. The van der Waals surface area contributed by atoms with Crippen LogP contribution in [0.1, 0.15) is 25.8 Å². The molecule has 4 rings (SSSR count). The van der Waals surface area contributed by atoms with E-state index in [2.05, 4.69) is 17.1 Å². The summed E-state index contributed by atoms with van der Waals surface area (Å²) in [6.45, 7) is 4.46. The summed E-state index contributed by atoms with van der Waals surface area (Å²) >= 11 is 3.20. The van der Waals surface area contributed by atoms with Gasteiger partial charge in [-0.2, -0.15) is 0 Å². The van der Waals surface area contributed by atoms with Crippen molar-refractivity contribution in [3.63, 3.8) is 0 Å². The van der Waals surface area contributed by atoms with E-state index in [4.69, 9.17) is 4.99 Å². The minimum absolute atomic E-state index is 0.00372. The van der Waals surface area contributed by atoms with Gasteiger partial charge in [-0.3, -0.25) is 9.79 Å². The number of amides is 1. The van der Waals surface area contributed by atoms with Gasteiger partial charge in [0.2, 0.25) is 5.91 Å². The van der Waals surface area contributed by atoms with Crippen molar-refractivity contribution in [2.24, 2.45) is 10.9 Å². The monoisotopic (exact) mass is 502 g/mol. The first-order chi connectivity index (χ1) is 17.0. The van der Waals surface area contributed by atoms with E-state index in [1.165, 1.54) is 12.2 Å². The second-order valence-electron chi connectivity index (χ2n) is 8.09. The lowest BCUT2D eigenvalue weighted by Crippen LogP contribution is -2.30. The van der Waals surface area contributed by atoms with E-state index in [1.54, 1.807) is 35.7 Å². The average molecular weight is 503 g/mol. The summed E-state index contributed by atoms with van der Waals surface area (Å²) < 4.78 is 13.8. The van der Waals surface area contributed by atoms with Gasteiger partial charge in [0.25, 0.3) is 0 Å². The molecule has 6 heteroatoms. The van der Waals surface area contributed by atoms with Gasteiger partial charge in [-0.1, -0.05) is 73.0 Å². The van der Waals surface area contributed by atoms with Crippen LogP contribution in [0.15, 0.2) is 121 Å². The highest BCUT2D eigenvalue weighted by atomic mass is 32.2. The fourth-order valence-corrected chi connectivity index (χ4v) is 5.29. The van der Waals surface area contributed by atoms with E-state index < -0.39 is 6.17 Å². The fourth-order valence-electron chi connectivity index (χ4n) is 3.68. The van der Waals surface area contributed by atoms with Gasteiger partial charge >= 0.3 is 0 Å². The maximum absolute atomic E-state index is 13.8. The Balaban J connectivity index is 1.58. The number of hydrogen-bond donors (Lipinski definition) is 1. The van der Waals surface area contributed by atoms with Gasteiger partial charge in [0.05, 0.1) is 28.8 Å². The predicted molar refractivity (Wildman–Crippen MR) is 147 cm³/mol. The molecule has 178 valence electrons. The van der Waals surface area contributed by atoms with E-state index in [0.29, 0.717) is 13.0 Å². The molecule has 35 heavy (non-hydrogen) atoms. The molecule has 0 fully saturated rings. The zero-order valence-electron chi connectivity index (χ0n) is 19.7. The molecule has 3 aliphatic rings. The molecule has 0 bridgehead atoms. The van der Waals surface area contributed by atoms with Gasteiger partial charge in [-0.25, -0.2) is 4.39 Å². The van der Waals surface area contributed by atoms with Crippen LogP contribution >= 0.6 is 23.5 Å². The first-order valence-corrected chi connectivity index (χ1v) is 13.3. The normalized spacial score (nSPS) is 20.1. The Labute approximate surface area is 214 Å². The highest BCUT2D eigenvalue weighted by Gasteiger charge is 2.20. The molecule has 2 atom stereocenters. The lowest BCUT2D eigenvalue weighted by atomic mass is 10.0. The fraction of sp³-hybridized carbons (Fsp3) is 0.207. The molecule has 1 amide bonds. The van der Waals surface area contributed by atoms with Crippen LogP contribution in [0, 0.1) is 5.92 Å². The van der Waals surface area contributed by atoms with Crippen molar-refractivity contribution in [3.05, 3.63) is 117 Å². The van der Waals surface area contributed by atoms with Crippen LogP contribution in [-0.2, 0) is 4.79 Å². The Kier molecular flexibility index (Phi) is 8.64. The van der Waals surface area contributed by atoms with Crippen LogP contribution in [-0.4, -0.2) is 24.3 Å². The van der Waals surface area contributed by atoms with E-state index in [0.717, 1.165) is 37.3 Å². The molecule has 0 radical (unpaired) electrons. The number of halogens is 1. The Morgan fingerprint density at radius 2 is 2.14 bits per heavy atom. The van der Waals surface area contributed by atoms with Gasteiger partial charge < -0.3 is 5.32 Å². The van der Waals surface area contributed by atoms with Crippen molar-refractivity contribution in [2.75, 3.05) is 6.54 Å². The summed E-state index contributed by atoms with van der Waals surface area (Å²) in [4.78, 5) is 20.8. The highest BCUT2D eigenvalue weighted by Crippen LogP contribution is 2.37. The van der Waals surface area contributed by atoms with Crippen LogP contribution in [0.2, 0.25) is 0 Å². The van der Waals surface area contributed by atoms with E-state index in [1.807, 2.05) is 67.8 Å². The standard InChI is InChI=1S/C29H27FN2OS2/c1-3-21(29(33)31-19-24-11-6-7-18-34-24)15-17-26-20(2)32-28(22-9-8-10-23(30)16-14-22)25-12-4-5-13-27(25)35-26/h4-10,12-18,21,23H,3,19H2,1-2H3,(H,31,33)/b17-15-. The van der Waals surface area contributed by atoms with Gasteiger partial charge in [0.1, 0.15) is 6.17 Å². The number of allylic oxidation sites excluding steroid dienone is 9. The summed E-state index contributed by atoms with van der Waals surface area (Å²) in [5, 5.41) is 5.00. The van der Waals surface area contributed by atoms with Crippen LogP contribution in [0.3, 0.4) is 0 Å². The molecule has 0 aromatic heterocycles. The molecule has 1 aromatic rings. The Morgan fingerprint density at radius 3 is 2.94 bits per heavy atom. The number of fused-ring (bicyclic) bond motifs is 1. The van der Waals surface area contributed by atoms with Gasteiger partial charge in [-0.15, -0.1) is 5.73 Å². The van der Waals surface area contributed by atoms with E-state index in [-0.39, 0.29) is 11.8 Å². The minimum Gasteiger partial charge on any atom is -0.350 e. The average Bonchev–Trinajstić information content (AvgIpc) is 3.18. The molecule has 0 saturated carbocycles. The molecule has 1 aliphatic carbocycles. The summed E-state index contributed by atoms with van der Waals surface area (Å²) in [5.74, 6) is -0.248. The largest absolute Gasteiger partial charge is 0.350 e.